The molecule has 144 valence electrons. The molecule has 0 atom stereocenters. The van der Waals surface area contributed by atoms with Gasteiger partial charge in [0.15, 0.2) is 0 Å². The maximum Gasteiger partial charge on any atom is 0.274 e. The van der Waals surface area contributed by atoms with E-state index in [9.17, 15) is 9.59 Å². The minimum atomic E-state index is -0.430. The lowest BCUT2D eigenvalue weighted by molar-refractivity contribution is 0.0943. The Kier molecular flexibility index (Phi) is 6.06. The van der Waals surface area contributed by atoms with Crippen molar-refractivity contribution in [2.45, 2.75) is 26.5 Å². The van der Waals surface area contributed by atoms with Crippen LogP contribution in [-0.4, -0.2) is 22.9 Å². The number of pyridine rings is 1. The molecule has 2 heterocycles. The molecule has 0 saturated carbocycles. The van der Waals surface area contributed by atoms with Crippen LogP contribution in [0.2, 0.25) is 0 Å². The lowest BCUT2D eigenvalue weighted by atomic mass is 10.2. The van der Waals surface area contributed by atoms with Gasteiger partial charge < -0.3 is 19.8 Å². The van der Waals surface area contributed by atoms with Crippen LogP contribution in [0.15, 0.2) is 65.3 Å². The number of benzene rings is 1. The van der Waals surface area contributed by atoms with Crippen LogP contribution >= 0.6 is 0 Å². The first-order valence-electron chi connectivity index (χ1n) is 8.87. The Bertz CT molecular complexity index is 952. The molecule has 0 aliphatic heterocycles. The molecule has 0 radical (unpaired) electrons. The van der Waals surface area contributed by atoms with Crippen LogP contribution in [0.25, 0.3) is 0 Å². The van der Waals surface area contributed by atoms with Gasteiger partial charge in [-0.05, 0) is 50.2 Å². The Morgan fingerprint density at radius 1 is 1.00 bits per heavy atom. The normalized spacial score (nSPS) is 10.5. The molecule has 2 amide bonds. The van der Waals surface area contributed by atoms with E-state index in [0.717, 1.165) is 0 Å². The molecule has 0 aliphatic rings. The van der Waals surface area contributed by atoms with Gasteiger partial charge in [0, 0.05) is 0 Å². The van der Waals surface area contributed by atoms with E-state index in [1.165, 1.54) is 6.26 Å². The number of nitrogens with one attached hydrogen (secondary N) is 2. The van der Waals surface area contributed by atoms with Crippen molar-refractivity contribution in [1.82, 2.24) is 10.3 Å². The van der Waals surface area contributed by atoms with Gasteiger partial charge in [0.1, 0.15) is 22.9 Å². The van der Waals surface area contributed by atoms with Crippen molar-refractivity contribution in [3.63, 3.8) is 0 Å². The summed E-state index contributed by atoms with van der Waals surface area (Å²) in [7, 11) is 0. The lowest BCUT2D eigenvalue weighted by Gasteiger charge is -2.14. The molecule has 7 heteroatoms. The highest BCUT2D eigenvalue weighted by molar-refractivity contribution is 6.04. The zero-order chi connectivity index (χ0) is 19.9. The maximum atomic E-state index is 12.6. The summed E-state index contributed by atoms with van der Waals surface area (Å²) in [4.78, 5) is 29.0. The van der Waals surface area contributed by atoms with Crippen LogP contribution in [0.3, 0.4) is 0 Å². The van der Waals surface area contributed by atoms with Crippen LogP contribution in [0.5, 0.6) is 5.75 Å². The molecular weight excluding hydrogens is 358 g/mol. The van der Waals surface area contributed by atoms with Gasteiger partial charge in [-0.2, -0.15) is 0 Å². The predicted molar refractivity (Wildman–Crippen MR) is 104 cm³/mol. The highest BCUT2D eigenvalue weighted by atomic mass is 16.5. The number of ether oxygens (including phenoxy) is 1. The second kappa shape index (κ2) is 8.85. The number of anilines is 1. The number of carbonyl (C=O) groups excluding carboxylic acids is 2. The zero-order valence-electron chi connectivity index (χ0n) is 15.6. The van der Waals surface area contributed by atoms with Crippen LogP contribution < -0.4 is 15.4 Å². The summed E-state index contributed by atoms with van der Waals surface area (Å²) < 4.78 is 10.9. The minimum absolute atomic E-state index is 0.0302. The van der Waals surface area contributed by atoms with Crippen LogP contribution in [0.1, 0.15) is 40.6 Å². The van der Waals surface area contributed by atoms with Gasteiger partial charge in [-0.25, -0.2) is 4.98 Å². The average molecular weight is 379 g/mol. The van der Waals surface area contributed by atoms with Crippen molar-refractivity contribution < 1.29 is 18.7 Å². The molecular formula is C21H21N3O4. The van der Waals surface area contributed by atoms with Crippen molar-refractivity contribution in [3.05, 3.63) is 78.0 Å². The topological polar surface area (TPSA) is 93.5 Å². The van der Waals surface area contributed by atoms with E-state index < -0.39 is 11.8 Å². The van der Waals surface area contributed by atoms with Crippen LogP contribution in [0.4, 0.5) is 5.69 Å². The molecule has 28 heavy (non-hydrogen) atoms. The molecule has 7 nitrogen and oxygen atoms in total. The third-order valence-corrected chi connectivity index (χ3v) is 3.72. The molecule has 0 unspecified atom stereocenters. The summed E-state index contributed by atoms with van der Waals surface area (Å²) in [5.41, 5.74) is 0.812. The first-order valence-corrected chi connectivity index (χ1v) is 8.87. The fourth-order valence-electron chi connectivity index (χ4n) is 2.47. The molecule has 3 aromatic rings. The SMILES string of the molecule is CC(C)Oc1ccccc1NC(=O)c1cccc(C(=O)NCc2ccco2)n1. The monoisotopic (exact) mass is 379 g/mol. The van der Waals surface area contributed by atoms with Crippen molar-refractivity contribution in [2.75, 3.05) is 5.32 Å². The fourth-order valence-corrected chi connectivity index (χ4v) is 2.47. The molecule has 2 N–H and O–H groups in total. The molecule has 0 saturated heterocycles. The Morgan fingerprint density at radius 2 is 1.75 bits per heavy atom. The van der Waals surface area contributed by atoms with Gasteiger partial charge >= 0.3 is 0 Å². The zero-order valence-corrected chi connectivity index (χ0v) is 15.6. The van der Waals surface area contributed by atoms with E-state index in [-0.39, 0.29) is 24.0 Å². The highest BCUT2D eigenvalue weighted by Gasteiger charge is 2.15. The number of furan rings is 1. The van der Waals surface area contributed by atoms with Gasteiger partial charge in [-0.1, -0.05) is 18.2 Å². The summed E-state index contributed by atoms with van der Waals surface area (Å²) in [6, 6.07) is 15.4. The number of carbonyl (C=O) groups is 2. The number of amides is 2. The molecule has 0 spiro atoms. The van der Waals surface area contributed by atoms with Crippen LogP contribution in [0, 0.1) is 0 Å². The van der Waals surface area contributed by atoms with E-state index in [1.807, 2.05) is 19.9 Å². The Hall–Kier alpha value is -3.61. The highest BCUT2D eigenvalue weighted by Crippen LogP contribution is 2.25. The third kappa shape index (κ3) is 4.97. The Morgan fingerprint density at radius 3 is 2.46 bits per heavy atom. The molecule has 1 aromatic carbocycles. The van der Waals surface area contributed by atoms with E-state index in [2.05, 4.69) is 15.6 Å². The first-order chi connectivity index (χ1) is 13.5. The summed E-state index contributed by atoms with van der Waals surface area (Å²) in [5.74, 6) is 0.372. The van der Waals surface area contributed by atoms with Gasteiger partial charge in [0.25, 0.3) is 11.8 Å². The summed E-state index contributed by atoms with van der Waals surface area (Å²) in [6.07, 6.45) is 1.50. The van der Waals surface area contributed by atoms with E-state index in [4.69, 9.17) is 9.15 Å². The molecule has 2 aromatic heterocycles. The van der Waals surface area contributed by atoms with Gasteiger partial charge in [-0.15, -0.1) is 0 Å². The first kappa shape index (κ1) is 19.2. The third-order valence-electron chi connectivity index (χ3n) is 3.72. The average Bonchev–Trinajstić information content (AvgIpc) is 3.21. The van der Waals surface area contributed by atoms with Gasteiger partial charge in [0.05, 0.1) is 24.6 Å². The molecule has 3 rings (SSSR count). The summed E-state index contributed by atoms with van der Waals surface area (Å²) >= 11 is 0. The second-order valence-electron chi connectivity index (χ2n) is 6.29. The van der Waals surface area contributed by atoms with Crippen molar-refractivity contribution in [3.8, 4) is 5.75 Å². The predicted octanol–water partition coefficient (Wildman–Crippen LogP) is 3.64. The molecule has 0 fully saturated rings. The standard InChI is InChI=1S/C21H21N3O4/c1-14(2)28-19-11-4-3-8-16(19)24-21(26)18-10-5-9-17(23-18)20(25)22-13-15-7-6-12-27-15/h3-12,14H,13H2,1-2H3,(H,22,25)(H,24,26). The summed E-state index contributed by atoms with van der Waals surface area (Å²) in [6.45, 7) is 4.06. The Balaban J connectivity index is 1.69. The molecule has 0 bridgehead atoms. The van der Waals surface area contributed by atoms with E-state index in [0.29, 0.717) is 17.2 Å². The van der Waals surface area contributed by atoms with Gasteiger partial charge in [0.2, 0.25) is 0 Å². The number of rotatable bonds is 7. The number of para-hydroxylation sites is 2. The lowest BCUT2D eigenvalue weighted by Crippen LogP contribution is -2.25. The second-order valence-corrected chi connectivity index (χ2v) is 6.29. The maximum absolute atomic E-state index is 12.6. The number of aromatic nitrogens is 1. The van der Waals surface area contributed by atoms with Crippen molar-refractivity contribution in [1.29, 1.82) is 0 Å². The van der Waals surface area contributed by atoms with E-state index >= 15 is 0 Å². The number of nitrogens with zero attached hydrogens (tertiary/aromatic N) is 1. The minimum Gasteiger partial charge on any atom is -0.489 e. The van der Waals surface area contributed by atoms with Crippen LogP contribution in [-0.2, 0) is 6.54 Å². The smallest absolute Gasteiger partial charge is 0.274 e. The number of hydrogen-bond donors (Lipinski definition) is 2. The largest absolute Gasteiger partial charge is 0.489 e. The Labute approximate surface area is 162 Å². The number of hydrogen-bond acceptors (Lipinski definition) is 5. The summed E-state index contributed by atoms with van der Waals surface area (Å²) in [5, 5.41) is 5.48. The fraction of sp³-hybridized carbons (Fsp3) is 0.190. The quantitative estimate of drug-likeness (QED) is 0.654. The van der Waals surface area contributed by atoms with Crippen molar-refractivity contribution in [2.24, 2.45) is 0 Å². The van der Waals surface area contributed by atoms with Gasteiger partial charge in [-0.3, -0.25) is 9.59 Å². The van der Waals surface area contributed by atoms with Crippen molar-refractivity contribution >= 4 is 17.5 Å². The van der Waals surface area contributed by atoms with E-state index in [1.54, 1.807) is 48.5 Å². The molecule has 0 aliphatic carbocycles.